The van der Waals surface area contributed by atoms with E-state index in [9.17, 15) is 9.18 Å². The quantitative estimate of drug-likeness (QED) is 0.783. The lowest BCUT2D eigenvalue weighted by Crippen LogP contribution is -2.43. The number of carbonyl (C=O) groups is 1. The van der Waals surface area contributed by atoms with Crippen molar-refractivity contribution in [2.24, 2.45) is 5.73 Å². The Balaban J connectivity index is 3.00. The summed E-state index contributed by atoms with van der Waals surface area (Å²) in [6.07, 6.45) is 1.26. The molecular weight excluding hydrogens is 209 g/mol. The largest absolute Gasteiger partial charge is 0.370 e. The van der Waals surface area contributed by atoms with Crippen LogP contribution in [0.5, 0.6) is 0 Å². The Morgan fingerprint density at radius 1 is 1.62 bits per heavy atom. The van der Waals surface area contributed by atoms with Gasteiger partial charge in [0, 0.05) is 6.42 Å². The van der Waals surface area contributed by atoms with E-state index < -0.39 is 17.3 Å². The van der Waals surface area contributed by atoms with Crippen molar-refractivity contribution in [2.45, 2.75) is 25.8 Å². The highest BCUT2D eigenvalue weighted by molar-refractivity contribution is 5.75. The van der Waals surface area contributed by atoms with Crippen LogP contribution in [0.15, 0.2) is 18.3 Å². The summed E-state index contributed by atoms with van der Waals surface area (Å²) in [5.41, 5.74) is 5.16. The number of nitrogens with one attached hydrogen (secondary N) is 1. The number of hydrogen-bond acceptors (Lipinski definition) is 3. The third kappa shape index (κ3) is 3.00. The number of pyridine rings is 1. The van der Waals surface area contributed by atoms with Crippen LogP contribution >= 0.6 is 0 Å². The first-order chi connectivity index (χ1) is 7.48. The molecule has 0 saturated carbocycles. The lowest BCUT2D eigenvalue weighted by molar-refractivity contribution is -0.119. The molecule has 1 aromatic heterocycles. The monoisotopic (exact) mass is 225 g/mol. The standard InChI is InChI=1S/C11H16FN3O/c1-3-15-11(2,6-10(13)16)9-5-4-8(12)7-14-9/h4-5,7,15H,3,6H2,1-2H3,(H2,13,16). The van der Waals surface area contributed by atoms with Crippen molar-refractivity contribution in [3.8, 4) is 0 Å². The van der Waals surface area contributed by atoms with Gasteiger partial charge in [-0.05, 0) is 25.6 Å². The summed E-state index contributed by atoms with van der Waals surface area (Å²) in [5.74, 6) is -0.823. The van der Waals surface area contributed by atoms with E-state index in [-0.39, 0.29) is 6.42 Å². The molecular formula is C11H16FN3O. The molecule has 16 heavy (non-hydrogen) atoms. The Bertz CT molecular complexity index is 366. The van der Waals surface area contributed by atoms with Crippen molar-refractivity contribution in [3.05, 3.63) is 29.8 Å². The van der Waals surface area contributed by atoms with E-state index in [0.717, 1.165) is 6.20 Å². The summed E-state index contributed by atoms with van der Waals surface area (Å²) in [7, 11) is 0. The molecule has 0 aromatic carbocycles. The molecule has 1 rings (SSSR count). The van der Waals surface area contributed by atoms with E-state index in [1.54, 1.807) is 6.07 Å². The second kappa shape index (κ2) is 5.03. The molecule has 1 heterocycles. The summed E-state index contributed by atoms with van der Waals surface area (Å²) in [5, 5.41) is 3.14. The number of primary amides is 1. The SMILES string of the molecule is CCNC(C)(CC(N)=O)c1ccc(F)cn1. The summed E-state index contributed by atoms with van der Waals surface area (Å²) in [4.78, 5) is 15.0. The zero-order valence-electron chi connectivity index (χ0n) is 9.46. The highest BCUT2D eigenvalue weighted by Crippen LogP contribution is 2.22. The molecule has 5 heteroatoms. The van der Waals surface area contributed by atoms with E-state index in [1.165, 1.54) is 6.07 Å². The van der Waals surface area contributed by atoms with Gasteiger partial charge in [-0.2, -0.15) is 0 Å². The molecule has 3 N–H and O–H groups in total. The van der Waals surface area contributed by atoms with Crippen molar-refractivity contribution < 1.29 is 9.18 Å². The maximum absolute atomic E-state index is 12.7. The average molecular weight is 225 g/mol. The maximum Gasteiger partial charge on any atom is 0.219 e. The fourth-order valence-electron chi connectivity index (χ4n) is 1.68. The Morgan fingerprint density at radius 3 is 2.75 bits per heavy atom. The highest BCUT2D eigenvalue weighted by atomic mass is 19.1. The Labute approximate surface area is 94.1 Å². The minimum Gasteiger partial charge on any atom is -0.370 e. The Hall–Kier alpha value is -1.49. The fraction of sp³-hybridized carbons (Fsp3) is 0.455. The fourth-order valence-corrected chi connectivity index (χ4v) is 1.68. The minimum atomic E-state index is -0.645. The van der Waals surface area contributed by atoms with Gasteiger partial charge in [0.1, 0.15) is 5.82 Å². The number of carbonyl (C=O) groups excluding carboxylic acids is 1. The van der Waals surface area contributed by atoms with Crippen LogP contribution < -0.4 is 11.1 Å². The first-order valence-electron chi connectivity index (χ1n) is 5.13. The van der Waals surface area contributed by atoms with Crippen LogP contribution in [0.3, 0.4) is 0 Å². The number of nitrogens with two attached hydrogens (primary N) is 1. The van der Waals surface area contributed by atoms with Crippen molar-refractivity contribution >= 4 is 5.91 Å². The zero-order valence-corrected chi connectivity index (χ0v) is 9.46. The number of amides is 1. The lowest BCUT2D eigenvalue weighted by atomic mass is 9.92. The summed E-state index contributed by atoms with van der Waals surface area (Å²) < 4.78 is 12.7. The second-order valence-electron chi connectivity index (χ2n) is 3.87. The average Bonchev–Trinajstić information content (AvgIpc) is 2.17. The number of halogens is 1. The maximum atomic E-state index is 12.7. The van der Waals surface area contributed by atoms with Gasteiger partial charge in [0.2, 0.25) is 5.91 Å². The molecule has 1 atom stereocenters. The van der Waals surface area contributed by atoms with Crippen molar-refractivity contribution in [2.75, 3.05) is 6.54 Å². The van der Waals surface area contributed by atoms with Crippen LogP contribution in [-0.4, -0.2) is 17.4 Å². The molecule has 0 radical (unpaired) electrons. The predicted octanol–water partition coefficient (Wildman–Crippen LogP) is 0.921. The van der Waals surface area contributed by atoms with E-state index >= 15 is 0 Å². The van der Waals surface area contributed by atoms with Crippen LogP contribution in [0, 0.1) is 5.82 Å². The summed E-state index contributed by atoms with van der Waals surface area (Å²) in [6.45, 7) is 4.41. The lowest BCUT2D eigenvalue weighted by Gasteiger charge is -2.28. The van der Waals surface area contributed by atoms with Gasteiger partial charge in [-0.15, -0.1) is 0 Å². The van der Waals surface area contributed by atoms with Gasteiger partial charge in [-0.25, -0.2) is 4.39 Å². The predicted molar refractivity (Wildman–Crippen MR) is 59.0 cm³/mol. The van der Waals surface area contributed by atoms with Gasteiger partial charge >= 0.3 is 0 Å². The van der Waals surface area contributed by atoms with Crippen LogP contribution in [0.2, 0.25) is 0 Å². The van der Waals surface area contributed by atoms with Gasteiger partial charge < -0.3 is 11.1 Å². The smallest absolute Gasteiger partial charge is 0.219 e. The van der Waals surface area contributed by atoms with E-state index in [4.69, 9.17) is 5.73 Å². The number of rotatable bonds is 5. The summed E-state index contributed by atoms with van der Waals surface area (Å²) in [6, 6.07) is 2.87. The zero-order chi connectivity index (χ0) is 12.2. The number of nitrogens with zero attached hydrogens (tertiary/aromatic N) is 1. The van der Waals surface area contributed by atoms with E-state index in [1.807, 2.05) is 13.8 Å². The topological polar surface area (TPSA) is 68.0 Å². The molecule has 88 valence electrons. The molecule has 1 aromatic rings. The molecule has 1 unspecified atom stereocenters. The van der Waals surface area contributed by atoms with Gasteiger partial charge in [-0.3, -0.25) is 9.78 Å². The van der Waals surface area contributed by atoms with E-state index in [0.29, 0.717) is 12.2 Å². The number of hydrogen-bond donors (Lipinski definition) is 2. The number of aromatic nitrogens is 1. The van der Waals surface area contributed by atoms with Crippen LogP contribution in [-0.2, 0) is 10.3 Å². The first kappa shape index (κ1) is 12.6. The van der Waals surface area contributed by atoms with Gasteiger partial charge in [0.25, 0.3) is 0 Å². The molecule has 1 amide bonds. The molecule has 0 aliphatic rings. The van der Waals surface area contributed by atoms with E-state index in [2.05, 4.69) is 10.3 Å². The highest BCUT2D eigenvalue weighted by Gasteiger charge is 2.29. The summed E-state index contributed by atoms with van der Waals surface area (Å²) >= 11 is 0. The molecule has 0 spiro atoms. The Kier molecular flexibility index (Phi) is 3.95. The molecule has 4 nitrogen and oxygen atoms in total. The molecule has 0 bridgehead atoms. The van der Waals surface area contributed by atoms with Gasteiger partial charge in [0.05, 0.1) is 17.4 Å². The molecule has 0 aliphatic heterocycles. The van der Waals surface area contributed by atoms with Gasteiger partial charge in [0.15, 0.2) is 0 Å². The van der Waals surface area contributed by atoms with Crippen molar-refractivity contribution in [3.63, 3.8) is 0 Å². The minimum absolute atomic E-state index is 0.124. The Morgan fingerprint density at radius 2 is 2.31 bits per heavy atom. The van der Waals surface area contributed by atoms with Crippen molar-refractivity contribution in [1.82, 2.24) is 10.3 Å². The normalized spacial score (nSPS) is 14.4. The van der Waals surface area contributed by atoms with Crippen LogP contribution in [0.1, 0.15) is 26.0 Å². The third-order valence-electron chi connectivity index (χ3n) is 2.39. The molecule has 0 fully saturated rings. The molecule has 0 aliphatic carbocycles. The van der Waals surface area contributed by atoms with Crippen molar-refractivity contribution in [1.29, 1.82) is 0 Å². The third-order valence-corrected chi connectivity index (χ3v) is 2.39. The molecule has 0 saturated heterocycles. The van der Waals surface area contributed by atoms with Gasteiger partial charge in [-0.1, -0.05) is 6.92 Å². The van der Waals surface area contributed by atoms with Crippen LogP contribution in [0.4, 0.5) is 4.39 Å². The van der Waals surface area contributed by atoms with Crippen LogP contribution in [0.25, 0.3) is 0 Å². The first-order valence-corrected chi connectivity index (χ1v) is 5.13. The second-order valence-corrected chi connectivity index (χ2v) is 3.87.